The summed E-state index contributed by atoms with van der Waals surface area (Å²) in [5.41, 5.74) is 1.57. The van der Waals surface area contributed by atoms with Crippen molar-refractivity contribution >= 4 is 46.2 Å². The second-order valence-electron chi connectivity index (χ2n) is 5.35. The van der Waals surface area contributed by atoms with Gasteiger partial charge in [-0.25, -0.2) is 4.99 Å². The summed E-state index contributed by atoms with van der Waals surface area (Å²) >= 11 is 7.39. The van der Waals surface area contributed by atoms with Crippen molar-refractivity contribution in [2.45, 2.75) is 13.3 Å². The summed E-state index contributed by atoms with van der Waals surface area (Å²) < 4.78 is 5.73. The summed E-state index contributed by atoms with van der Waals surface area (Å²) in [6, 6.07) is 14.9. The maximum absolute atomic E-state index is 12.2. The van der Waals surface area contributed by atoms with E-state index in [1.54, 1.807) is 18.2 Å². The highest BCUT2D eigenvalue weighted by atomic mass is 35.5. The van der Waals surface area contributed by atoms with E-state index < -0.39 is 0 Å². The lowest BCUT2D eigenvalue weighted by Crippen LogP contribution is -2.19. The molecule has 1 amide bonds. The molecule has 3 rings (SSSR count). The van der Waals surface area contributed by atoms with E-state index in [-0.39, 0.29) is 5.91 Å². The first kappa shape index (κ1) is 17.6. The van der Waals surface area contributed by atoms with Gasteiger partial charge in [0.2, 0.25) is 0 Å². The van der Waals surface area contributed by atoms with Crippen molar-refractivity contribution in [3.8, 4) is 5.75 Å². The van der Waals surface area contributed by atoms with Gasteiger partial charge in [0.25, 0.3) is 5.91 Å². The van der Waals surface area contributed by atoms with Crippen LogP contribution in [0.15, 0.2) is 58.4 Å². The number of halogens is 1. The minimum atomic E-state index is -0.180. The van der Waals surface area contributed by atoms with Gasteiger partial charge in [0.15, 0.2) is 5.17 Å². The monoisotopic (exact) mass is 372 g/mol. The van der Waals surface area contributed by atoms with Crippen LogP contribution in [0.3, 0.4) is 0 Å². The van der Waals surface area contributed by atoms with Crippen molar-refractivity contribution in [3.05, 3.63) is 64.0 Å². The number of amidine groups is 1. The third kappa shape index (κ3) is 4.65. The highest BCUT2D eigenvalue weighted by molar-refractivity contribution is 8.18. The molecule has 128 valence electrons. The molecule has 0 aromatic heterocycles. The number of amides is 1. The SMILES string of the molecule is CCCOc1ccc(Cl)cc1C=C1SC(=Nc2ccccc2)NC1=O. The van der Waals surface area contributed by atoms with E-state index in [4.69, 9.17) is 16.3 Å². The van der Waals surface area contributed by atoms with Crippen LogP contribution in [0.25, 0.3) is 6.08 Å². The Kier molecular flexibility index (Phi) is 5.79. The molecule has 4 nitrogen and oxygen atoms in total. The van der Waals surface area contributed by atoms with Gasteiger partial charge >= 0.3 is 0 Å². The third-order valence-electron chi connectivity index (χ3n) is 3.36. The summed E-state index contributed by atoms with van der Waals surface area (Å²) in [7, 11) is 0. The Labute approximate surface area is 155 Å². The number of carbonyl (C=O) groups is 1. The van der Waals surface area contributed by atoms with Crippen LogP contribution in [0.2, 0.25) is 5.02 Å². The molecule has 0 spiro atoms. The molecule has 0 unspecified atom stereocenters. The standard InChI is InChI=1S/C19H17ClN2O2S/c1-2-10-24-16-9-8-14(20)11-13(16)12-17-18(23)22-19(25-17)21-15-6-4-3-5-7-15/h3-9,11-12H,2,10H2,1H3,(H,21,22,23). The number of thioether (sulfide) groups is 1. The van der Waals surface area contributed by atoms with Gasteiger partial charge in [0.1, 0.15) is 5.75 Å². The molecule has 25 heavy (non-hydrogen) atoms. The number of nitrogens with one attached hydrogen (secondary N) is 1. The largest absolute Gasteiger partial charge is 0.493 e. The Hall–Kier alpha value is -2.24. The Morgan fingerprint density at radius 3 is 2.80 bits per heavy atom. The second-order valence-corrected chi connectivity index (χ2v) is 6.81. The van der Waals surface area contributed by atoms with Crippen molar-refractivity contribution < 1.29 is 9.53 Å². The van der Waals surface area contributed by atoms with Gasteiger partial charge < -0.3 is 10.1 Å². The molecule has 0 radical (unpaired) electrons. The van der Waals surface area contributed by atoms with Crippen molar-refractivity contribution in [1.29, 1.82) is 0 Å². The number of para-hydroxylation sites is 1. The number of carbonyl (C=O) groups excluding carboxylic acids is 1. The molecule has 2 aromatic rings. The molecule has 1 aliphatic heterocycles. The van der Waals surface area contributed by atoms with Crippen molar-refractivity contribution in [1.82, 2.24) is 5.32 Å². The molecular weight excluding hydrogens is 356 g/mol. The molecule has 1 fully saturated rings. The number of nitrogens with zero attached hydrogens (tertiary/aromatic N) is 1. The molecule has 0 aliphatic carbocycles. The summed E-state index contributed by atoms with van der Waals surface area (Å²) in [5.74, 6) is 0.529. The minimum absolute atomic E-state index is 0.180. The van der Waals surface area contributed by atoms with Crippen LogP contribution in [0.4, 0.5) is 5.69 Å². The van der Waals surface area contributed by atoms with Crippen molar-refractivity contribution in [2.24, 2.45) is 4.99 Å². The Morgan fingerprint density at radius 1 is 1.24 bits per heavy atom. The Morgan fingerprint density at radius 2 is 2.04 bits per heavy atom. The van der Waals surface area contributed by atoms with Crippen molar-refractivity contribution in [2.75, 3.05) is 6.61 Å². The molecular formula is C19H17ClN2O2S. The molecule has 0 bridgehead atoms. The average molecular weight is 373 g/mol. The molecule has 0 saturated carbocycles. The third-order valence-corrected chi connectivity index (χ3v) is 4.50. The van der Waals surface area contributed by atoms with Gasteiger partial charge in [-0.1, -0.05) is 36.7 Å². The minimum Gasteiger partial charge on any atom is -0.493 e. The molecule has 1 heterocycles. The van der Waals surface area contributed by atoms with E-state index in [9.17, 15) is 4.79 Å². The molecule has 0 atom stereocenters. The van der Waals surface area contributed by atoms with Gasteiger partial charge in [-0.05, 0) is 54.6 Å². The fourth-order valence-electron chi connectivity index (χ4n) is 2.22. The molecule has 2 aromatic carbocycles. The van der Waals surface area contributed by atoms with Crippen LogP contribution in [-0.2, 0) is 4.79 Å². The van der Waals surface area contributed by atoms with Crippen LogP contribution in [0.5, 0.6) is 5.75 Å². The number of rotatable bonds is 5. The fraction of sp³-hybridized carbons (Fsp3) is 0.158. The first-order valence-corrected chi connectivity index (χ1v) is 9.12. The highest BCUT2D eigenvalue weighted by Crippen LogP contribution is 2.32. The van der Waals surface area contributed by atoms with E-state index in [0.29, 0.717) is 27.5 Å². The van der Waals surface area contributed by atoms with Crippen LogP contribution < -0.4 is 10.1 Å². The fourth-order valence-corrected chi connectivity index (χ4v) is 3.23. The van der Waals surface area contributed by atoms with Gasteiger partial charge in [0, 0.05) is 10.6 Å². The van der Waals surface area contributed by atoms with Crippen LogP contribution in [-0.4, -0.2) is 17.7 Å². The first-order chi connectivity index (χ1) is 12.2. The van der Waals surface area contributed by atoms with Gasteiger partial charge in [-0.3, -0.25) is 4.79 Å². The van der Waals surface area contributed by atoms with Crippen LogP contribution in [0, 0.1) is 0 Å². The highest BCUT2D eigenvalue weighted by Gasteiger charge is 2.24. The summed E-state index contributed by atoms with van der Waals surface area (Å²) in [5, 5.41) is 3.93. The van der Waals surface area contributed by atoms with Crippen LogP contribution in [0.1, 0.15) is 18.9 Å². The molecule has 1 saturated heterocycles. The van der Waals surface area contributed by atoms with E-state index >= 15 is 0 Å². The number of aliphatic imine (C=N–C) groups is 1. The number of benzene rings is 2. The van der Waals surface area contributed by atoms with Gasteiger partial charge in [-0.2, -0.15) is 0 Å². The van der Waals surface area contributed by atoms with E-state index in [2.05, 4.69) is 10.3 Å². The number of ether oxygens (including phenoxy) is 1. The van der Waals surface area contributed by atoms with Gasteiger partial charge in [-0.15, -0.1) is 0 Å². The summed E-state index contributed by atoms with van der Waals surface area (Å²) in [6.45, 7) is 2.65. The smallest absolute Gasteiger partial charge is 0.264 e. The topological polar surface area (TPSA) is 50.7 Å². The number of hydrogen-bond donors (Lipinski definition) is 1. The van der Waals surface area contributed by atoms with Crippen molar-refractivity contribution in [3.63, 3.8) is 0 Å². The van der Waals surface area contributed by atoms with E-state index in [1.807, 2.05) is 43.3 Å². The lowest BCUT2D eigenvalue weighted by atomic mass is 10.2. The average Bonchev–Trinajstić information content (AvgIpc) is 2.94. The lowest BCUT2D eigenvalue weighted by Gasteiger charge is -2.08. The van der Waals surface area contributed by atoms with E-state index in [0.717, 1.165) is 17.7 Å². The maximum atomic E-state index is 12.2. The maximum Gasteiger partial charge on any atom is 0.264 e. The zero-order chi connectivity index (χ0) is 17.6. The zero-order valence-corrected chi connectivity index (χ0v) is 15.2. The summed E-state index contributed by atoms with van der Waals surface area (Å²) in [6.07, 6.45) is 2.69. The first-order valence-electron chi connectivity index (χ1n) is 7.92. The molecule has 1 aliphatic rings. The van der Waals surface area contributed by atoms with Crippen LogP contribution >= 0.6 is 23.4 Å². The molecule has 1 N–H and O–H groups in total. The zero-order valence-electron chi connectivity index (χ0n) is 13.7. The normalized spacial score (nSPS) is 17.1. The molecule has 6 heteroatoms. The predicted molar refractivity (Wildman–Crippen MR) is 104 cm³/mol. The predicted octanol–water partition coefficient (Wildman–Crippen LogP) is 5.02. The van der Waals surface area contributed by atoms with E-state index in [1.165, 1.54) is 11.8 Å². The summed E-state index contributed by atoms with van der Waals surface area (Å²) in [4.78, 5) is 17.2. The van der Waals surface area contributed by atoms with Gasteiger partial charge in [0.05, 0.1) is 17.2 Å². The Balaban J connectivity index is 1.86. The second kappa shape index (κ2) is 8.23. The number of hydrogen-bond acceptors (Lipinski definition) is 4. The quantitative estimate of drug-likeness (QED) is 0.749. The Bertz CT molecular complexity index is 835. The lowest BCUT2D eigenvalue weighted by molar-refractivity contribution is -0.115.